The molecule has 1 saturated heterocycles. The summed E-state index contributed by atoms with van der Waals surface area (Å²) in [6, 6.07) is -1.46. The molecule has 0 unspecified atom stereocenters. The Morgan fingerprint density at radius 2 is 2.00 bits per heavy atom. The van der Waals surface area contributed by atoms with E-state index in [4.69, 9.17) is 4.55 Å². The molecule has 0 aromatic heterocycles. The molecule has 110 valence electrons. The zero-order chi connectivity index (χ0) is 14.8. The lowest BCUT2D eigenvalue weighted by molar-refractivity contribution is -0.188. The number of amides is 1. The molecule has 10 nitrogen and oxygen atoms in total. The van der Waals surface area contributed by atoms with Crippen molar-refractivity contribution >= 4 is 22.3 Å². The van der Waals surface area contributed by atoms with Crippen molar-refractivity contribution in [3.63, 3.8) is 0 Å². The van der Waals surface area contributed by atoms with Gasteiger partial charge in [-0.3, -0.25) is 9.35 Å². The van der Waals surface area contributed by atoms with Crippen molar-refractivity contribution < 1.29 is 41.7 Å². The van der Waals surface area contributed by atoms with Crippen LogP contribution in [0.3, 0.4) is 0 Å². The van der Waals surface area contributed by atoms with E-state index >= 15 is 0 Å². The monoisotopic (exact) mass is 299 g/mol. The van der Waals surface area contributed by atoms with Gasteiger partial charge < -0.3 is 20.3 Å². The van der Waals surface area contributed by atoms with Crippen LogP contribution in [-0.4, -0.2) is 66.0 Å². The molecule has 1 aliphatic rings. The Hall–Kier alpha value is -1.27. The quantitative estimate of drug-likeness (QED) is 0.312. The first-order valence-corrected chi connectivity index (χ1v) is 6.44. The number of rotatable bonds is 4. The van der Waals surface area contributed by atoms with E-state index in [0.717, 1.165) is 6.92 Å². The second kappa shape index (κ2) is 5.79. The minimum Gasteiger partial charge on any atom is -0.455 e. The SMILES string of the molecule is CC(=O)N[C@H]1C(=O)O[C@H](COS(=O)(=O)O)[C@H](O)[C@@H]1O. The van der Waals surface area contributed by atoms with E-state index in [2.05, 4.69) is 14.2 Å². The van der Waals surface area contributed by atoms with Crippen molar-refractivity contribution in [2.45, 2.75) is 31.3 Å². The molecule has 0 saturated carbocycles. The number of esters is 1. The number of hydrogen-bond donors (Lipinski definition) is 4. The standard InChI is InChI=1S/C8H13NO9S/c1-3(10)9-5-7(12)6(11)4(18-8(5)13)2-17-19(14,15)16/h4-7,11-12H,2H2,1H3,(H,9,10)(H,14,15,16)/t4-,5-,6+,7-/m1/s1. The van der Waals surface area contributed by atoms with E-state index in [1.54, 1.807) is 0 Å². The fraction of sp³-hybridized carbons (Fsp3) is 0.750. The molecule has 0 bridgehead atoms. The molecule has 0 spiro atoms. The van der Waals surface area contributed by atoms with Crippen molar-refractivity contribution in [2.75, 3.05) is 6.61 Å². The summed E-state index contributed by atoms with van der Waals surface area (Å²) < 4.78 is 37.6. The van der Waals surface area contributed by atoms with E-state index in [0.29, 0.717) is 0 Å². The summed E-state index contributed by atoms with van der Waals surface area (Å²) in [7, 11) is -4.77. The summed E-state index contributed by atoms with van der Waals surface area (Å²) in [5.41, 5.74) is 0. The molecule has 1 fully saturated rings. The topological polar surface area (TPSA) is 159 Å². The van der Waals surface area contributed by atoms with E-state index in [-0.39, 0.29) is 0 Å². The summed E-state index contributed by atoms with van der Waals surface area (Å²) in [6.07, 6.45) is -4.87. The van der Waals surface area contributed by atoms with Gasteiger partial charge in [0.1, 0.15) is 18.8 Å². The average molecular weight is 299 g/mol. The second-order valence-electron chi connectivity index (χ2n) is 3.85. The van der Waals surface area contributed by atoms with Crippen LogP contribution in [0.5, 0.6) is 0 Å². The van der Waals surface area contributed by atoms with Gasteiger partial charge in [0, 0.05) is 6.92 Å². The van der Waals surface area contributed by atoms with Crippen LogP contribution in [0.4, 0.5) is 0 Å². The maximum Gasteiger partial charge on any atom is 0.397 e. The van der Waals surface area contributed by atoms with Crippen molar-refractivity contribution in [1.82, 2.24) is 5.32 Å². The zero-order valence-electron chi connectivity index (χ0n) is 9.72. The number of aliphatic hydroxyl groups excluding tert-OH is 2. The van der Waals surface area contributed by atoms with E-state index < -0.39 is 53.2 Å². The Morgan fingerprint density at radius 3 is 2.47 bits per heavy atom. The molecular weight excluding hydrogens is 286 g/mol. The van der Waals surface area contributed by atoms with Crippen LogP contribution >= 0.6 is 0 Å². The first-order valence-electron chi connectivity index (χ1n) is 5.07. The van der Waals surface area contributed by atoms with Crippen LogP contribution in [0.2, 0.25) is 0 Å². The van der Waals surface area contributed by atoms with Gasteiger partial charge >= 0.3 is 16.4 Å². The van der Waals surface area contributed by atoms with Gasteiger partial charge in [-0.05, 0) is 0 Å². The molecule has 1 heterocycles. The molecule has 11 heteroatoms. The van der Waals surface area contributed by atoms with E-state index in [1.807, 2.05) is 0 Å². The Kier molecular flexibility index (Phi) is 4.81. The van der Waals surface area contributed by atoms with Gasteiger partial charge in [-0.15, -0.1) is 0 Å². The maximum atomic E-state index is 11.4. The number of hydrogen-bond acceptors (Lipinski definition) is 8. The zero-order valence-corrected chi connectivity index (χ0v) is 10.5. The third kappa shape index (κ3) is 4.40. The first-order chi connectivity index (χ1) is 8.61. The van der Waals surface area contributed by atoms with Crippen molar-refractivity contribution in [3.05, 3.63) is 0 Å². The second-order valence-corrected chi connectivity index (χ2v) is 4.94. The average Bonchev–Trinajstić information content (AvgIpc) is 2.26. The van der Waals surface area contributed by atoms with Gasteiger partial charge in [-0.1, -0.05) is 0 Å². The molecule has 19 heavy (non-hydrogen) atoms. The molecule has 0 aromatic carbocycles. The van der Waals surface area contributed by atoms with Crippen LogP contribution in [0, 0.1) is 0 Å². The lowest BCUT2D eigenvalue weighted by Crippen LogP contribution is -2.62. The minimum absolute atomic E-state index is 0.624. The van der Waals surface area contributed by atoms with E-state index in [1.165, 1.54) is 0 Å². The van der Waals surface area contributed by atoms with Crippen LogP contribution in [0.1, 0.15) is 6.92 Å². The van der Waals surface area contributed by atoms with Crippen molar-refractivity contribution in [1.29, 1.82) is 0 Å². The van der Waals surface area contributed by atoms with Crippen LogP contribution in [0.25, 0.3) is 0 Å². The highest BCUT2D eigenvalue weighted by Crippen LogP contribution is 2.17. The summed E-state index contributed by atoms with van der Waals surface area (Å²) in [6.45, 7) is 0.232. The van der Waals surface area contributed by atoms with Gasteiger partial charge in [-0.2, -0.15) is 8.42 Å². The smallest absolute Gasteiger partial charge is 0.397 e. The molecule has 4 N–H and O–H groups in total. The molecule has 1 rings (SSSR count). The molecule has 0 aliphatic carbocycles. The fourth-order valence-corrected chi connectivity index (χ4v) is 1.80. The van der Waals surface area contributed by atoms with Crippen LogP contribution in [0.15, 0.2) is 0 Å². The maximum absolute atomic E-state index is 11.4. The number of nitrogens with one attached hydrogen (secondary N) is 1. The Labute approximate surface area is 108 Å². The van der Waals surface area contributed by atoms with Gasteiger partial charge in [0.25, 0.3) is 0 Å². The summed E-state index contributed by atoms with van der Waals surface area (Å²) in [5.74, 6) is -1.68. The molecular formula is C8H13NO9S. The normalized spacial score (nSPS) is 31.7. The highest BCUT2D eigenvalue weighted by molar-refractivity contribution is 7.80. The van der Waals surface area contributed by atoms with Gasteiger partial charge in [0.2, 0.25) is 5.91 Å². The lowest BCUT2D eigenvalue weighted by Gasteiger charge is -2.35. The minimum atomic E-state index is -4.77. The Bertz CT molecular complexity index is 461. The highest BCUT2D eigenvalue weighted by Gasteiger charge is 2.45. The number of cyclic esters (lactones) is 1. The highest BCUT2D eigenvalue weighted by atomic mass is 32.3. The largest absolute Gasteiger partial charge is 0.455 e. The van der Waals surface area contributed by atoms with Crippen LogP contribution in [-0.2, 0) is 28.9 Å². The molecule has 0 radical (unpaired) electrons. The summed E-state index contributed by atoms with van der Waals surface area (Å²) in [4.78, 5) is 22.2. The summed E-state index contributed by atoms with van der Waals surface area (Å²) >= 11 is 0. The van der Waals surface area contributed by atoms with Gasteiger partial charge in [0.05, 0.1) is 0 Å². The van der Waals surface area contributed by atoms with E-state index in [9.17, 15) is 28.2 Å². The third-order valence-electron chi connectivity index (χ3n) is 2.33. The lowest BCUT2D eigenvalue weighted by atomic mass is 9.98. The van der Waals surface area contributed by atoms with Crippen molar-refractivity contribution in [2.24, 2.45) is 0 Å². The van der Waals surface area contributed by atoms with Gasteiger partial charge in [-0.25, -0.2) is 8.98 Å². The molecule has 0 aromatic rings. The fourth-order valence-electron chi connectivity index (χ4n) is 1.50. The predicted octanol–water partition coefficient (Wildman–Crippen LogP) is -3.04. The number of carbonyl (C=O) groups excluding carboxylic acids is 2. The number of carbonyl (C=O) groups is 2. The molecule has 4 atom stereocenters. The molecule has 1 amide bonds. The van der Waals surface area contributed by atoms with Gasteiger partial charge in [0.15, 0.2) is 12.1 Å². The first kappa shape index (κ1) is 15.8. The van der Waals surface area contributed by atoms with Crippen molar-refractivity contribution in [3.8, 4) is 0 Å². The number of ether oxygens (including phenoxy) is 1. The molecule has 1 aliphatic heterocycles. The number of aliphatic hydroxyl groups is 2. The predicted molar refractivity (Wildman–Crippen MR) is 57.0 cm³/mol. The third-order valence-corrected chi connectivity index (χ3v) is 2.77. The van der Waals surface area contributed by atoms with Crippen LogP contribution < -0.4 is 5.32 Å². The Morgan fingerprint density at radius 1 is 1.42 bits per heavy atom. The summed E-state index contributed by atoms with van der Waals surface area (Å²) in [5, 5.41) is 21.3. The Balaban J connectivity index is 2.71.